The molecule has 10 nitrogen and oxygen atoms in total. The molecule has 36 heavy (non-hydrogen) atoms. The molecule has 1 saturated heterocycles. The normalized spacial score (nSPS) is 13.2. The lowest BCUT2D eigenvalue weighted by atomic mass is 10.1. The van der Waals surface area contributed by atoms with Gasteiger partial charge in [0.05, 0.1) is 11.3 Å². The molecule has 10 heteroatoms. The predicted octanol–water partition coefficient (Wildman–Crippen LogP) is 2.69. The third-order valence-corrected chi connectivity index (χ3v) is 5.73. The summed E-state index contributed by atoms with van der Waals surface area (Å²) in [5, 5.41) is 1.14. The number of ketones is 1. The molecule has 184 valence electrons. The van der Waals surface area contributed by atoms with E-state index in [1.54, 1.807) is 44.2 Å². The lowest BCUT2D eigenvalue weighted by molar-refractivity contribution is -0.130. The summed E-state index contributed by atoms with van der Waals surface area (Å²) in [4.78, 5) is 61.3. The second-order valence-electron chi connectivity index (χ2n) is 8.24. The van der Waals surface area contributed by atoms with E-state index in [4.69, 9.17) is 4.74 Å². The Balaban J connectivity index is 1.38. The van der Waals surface area contributed by atoms with E-state index in [-0.39, 0.29) is 36.1 Å². The van der Waals surface area contributed by atoms with Crippen molar-refractivity contribution in [1.82, 2.24) is 10.1 Å². The van der Waals surface area contributed by atoms with Gasteiger partial charge in [0.1, 0.15) is 0 Å². The SMILES string of the molecule is Cc1cc(C(=O)COC(=O)c2ccc(N3NC(=O)CCC3=O)cc2)c(C)n1NC(=O)c1ccccc1. The molecule has 1 fully saturated rings. The number of carbonyl (C=O) groups is 5. The van der Waals surface area contributed by atoms with Crippen LogP contribution in [0.2, 0.25) is 0 Å². The number of hydrazine groups is 1. The Morgan fingerprint density at radius 3 is 2.33 bits per heavy atom. The molecule has 0 bridgehead atoms. The third kappa shape index (κ3) is 5.17. The number of Topliss-reactive ketones (excluding diaryl/α,β-unsaturated/α-hetero) is 1. The molecule has 4 rings (SSSR count). The minimum Gasteiger partial charge on any atom is -0.454 e. The highest BCUT2D eigenvalue weighted by molar-refractivity contribution is 6.03. The number of aromatic nitrogens is 1. The quantitative estimate of drug-likeness (QED) is 0.389. The van der Waals surface area contributed by atoms with Gasteiger partial charge in [0, 0.05) is 35.4 Å². The number of benzene rings is 2. The lowest BCUT2D eigenvalue weighted by Crippen LogP contribution is -2.50. The second-order valence-corrected chi connectivity index (χ2v) is 8.24. The van der Waals surface area contributed by atoms with Gasteiger partial charge in [0.25, 0.3) is 5.91 Å². The molecule has 2 aromatic carbocycles. The number of hydrogen-bond donors (Lipinski definition) is 2. The van der Waals surface area contributed by atoms with Gasteiger partial charge < -0.3 is 4.74 Å². The standard InChI is InChI=1S/C26H24N4O6/c1-16-14-21(17(2)29(16)28-25(34)18-6-4-3-5-7-18)22(31)15-36-26(35)19-8-10-20(11-9-19)30-24(33)13-12-23(32)27-30/h3-11,14H,12-13,15H2,1-2H3,(H,27,32)(H,28,34). The maximum atomic E-state index is 12.8. The van der Waals surface area contributed by atoms with Crippen molar-refractivity contribution in [1.29, 1.82) is 0 Å². The van der Waals surface area contributed by atoms with Crippen molar-refractivity contribution < 1.29 is 28.7 Å². The molecule has 0 aliphatic carbocycles. The largest absolute Gasteiger partial charge is 0.454 e. The van der Waals surface area contributed by atoms with Gasteiger partial charge in [-0.2, -0.15) is 0 Å². The highest BCUT2D eigenvalue weighted by Gasteiger charge is 2.25. The van der Waals surface area contributed by atoms with Crippen LogP contribution in [0.4, 0.5) is 5.69 Å². The van der Waals surface area contributed by atoms with Crippen LogP contribution in [0.3, 0.4) is 0 Å². The number of aryl methyl sites for hydroxylation is 1. The van der Waals surface area contributed by atoms with Gasteiger partial charge in [-0.25, -0.2) is 9.80 Å². The summed E-state index contributed by atoms with van der Waals surface area (Å²) < 4.78 is 6.70. The first-order valence-corrected chi connectivity index (χ1v) is 11.2. The Labute approximate surface area is 206 Å². The zero-order valence-corrected chi connectivity index (χ0v) is 19.7. The number of nitrogens with zero attached hydrogens (tertiary/aromatic N) is 2. The fraction of sp³-hybridized carbons (Fsp3) is 0.192. The molecule has 1 aromatic heterocycles. The molecule has 1 aliphatic heterocycles. The summed E-state index contributed by atoms with van der Waals surface area (Å²) >= 11 is 0. The number of rotatable bonds is 7. The van der Waals surface area contributed by atoms with Crippen LogP contribution in [0.15, 0.2) is 60.7 Å². The van der Waals surface area contributed by atoms with E-state index in [2.05, 4.69) is 10.9 Å². The summed E-state index contributed by atoms with van der Waals surface area (Å²) in [5.74, 6) is -1.98. The van der Waals surface area contributed by atoms with Gasteiger partial charge in [-0.15, -0.1) is 0 Å². The Hall–Kier alpha value is -4.73. The van der Waals surface area contributed by atoms with Gasteiger partial charge in [-0.1, -0.05) is 18.2 Å². The first-order chi connectivity index (χ1) is 17.2. The Kier molecular flexibility index (Phi) is 6.95. The number of nitrogens with one attached hydrogen (secondary N) is 2. The monoisotopic (exact) mass is 488 g/mol. The first kappa shape index (κ1) is 24.4. The van der Waals surface area contributed by atoms with Gasteiger partial charge in [-0.3, -0.25) is 34.7 Å². The van der Waals surface area contributed by atoms with Gasteiger partial charge in [0.15, 0.2) is 6.61 Å². The molecule has 3 amide bonds. The van der Waals surface area contributed by atoms with Crippen LogP contribution in [0.1, 0.15) is 55.3 Å². The molecule has 2 N–H and O–H groups in total. The summed E-state index contributed by atoms with van der Waals surface area (Å²) in [6, 6.07) is 16.2. The van der Waals surface area contributed by atoms with Crippen molar-refractivity contribution in [2.24, 2.45) is 0 Å². The van der Waals surface area contributed by atoms with Crippen molar-refractivity contribution in [3.05, 3.63) is 88.7 Å². The van der Waals surface area contributed by atoms with Crippen LogP contribution in [-0.4, -0.2) is 40.8 Å². The highest BCUT2D eigenvalue weighted by atomic mass is 16.5. The van der Waals surface area contributed by atoms with Crippen LogP contribution < -0.4 is 15.9 Å². The average molecular weight is 489 g/mol. The van der Waals surface area contributed by atoms with Crippen molar-refractivity contribution in [2.75, 3.05) is 17.0 Å². The molecular weight excluding hydrogens is 464 g/mol. The van der Waals surface area contributed by atoms with Crippen LogP contribution in [0, 0.1) is 13.8 Å². The molecule has 0 saturated carbocycles. The smallest absolute Gasteiger partial charge is 0.338 e. The van der Waals surface area contributed by atoms with E-state index in [0.717, 1.165) is 5.01 Å². The minimum absolute atomic E-state index is 0.105. The number of amides is 3. The Bertz CT molecular complexity index is 1340. The second kappa shape index (κ2) is 10.3. The lowest BCUT2D eigenvalue weighted by Gasteiger charge is -2.27. The highest BCUT2D eigenvalue weighted by Crippen LogP contribution is 2.19. The van der Waals surface area contributed by atoms with E-state index in [1.807, 2.05) is 6.07 Å². The number of ether oxygens (including phenoxy) is 1. The molecule has 1 aliphatic rings. The van der Waals surface area contributed by atoms with E-state index in [9.17, 15) is 24.0 Å². The fourth-order valence-corrected chi connectivity index (χ4v) is 3.80. The summed E-state index contributed by atoms with van der Waals surface area (Å²) in [5.41, 5.74) is 7.78. The number of hydrogen-bond acceptors (Lipinski definition) is 6. The predicted molar refractivity (Wildman–Crippen MR) is 130 cm³/mol. The summed E-state index contributed by atoms with van der Waals surface area (Å²) in [6.45, 7) is 2.95. The zero-order chi connectivity index (χ0) is 25.8. The maximum absolute atomic E-state index is 12.8. The van der Waals surface area contributed by atoms with Crippen molar-refractivity contribution >= 4 is 35.2 Å². The fourth-order valence-electron chi connectivity index (χ4n) is 3.80. The van der Waals surface area contributed by atoms with Crippen molar-refractivity contribution in [2.45, 2.75) is 26.7 Å². The molecule has 2 heterocycles. The molecule has 3 aromatic rings. The van der Waals surface area contributed by atoms with Gasteiger partial charge in [0.2, 0.25) is 17.6 Å². The van der Waals surface area contributed by atoms with Crippen LogP contribution in [-0.2, 0) is 14.3 Å². The molecular formula is C26H24N4O6. The van der Waals surface area contributed by atoms with Crippen molar-refractivity contribution in [3.8, 4) is 0 Å². The van der Waals surface area contributed by atoms with Crippen LogP contribution in [0.25, 0.3) is 0 Å². The molecule has 0 radical (unpaired) electrons. The molecule has 0 unspecified atom stereocenters. The summed E-state index contributed by atoms with van der Waals surface area (Å²) in [7, 11) is 0. The third-order valence-electron chi connectivity index (χ3n) is 5.73. The number of esters is 1. The van der Waals surface area contributed by atoms with Gasteiger partial charge in [-0.05, 0) is 56.3 Å². The molecule has 0 atom stereocenters. The maximum Gasteiger partial charge on any atom is 0.338 e. The number of carbonyl (C=O) groups excluding carboxylic acids is 5. The van der Waals surface area contributed by atoms with E-state index >= 15 is 0 Å². The molecule has 0 spiro atoms. The average Bonchev–Trinajstić information content (AvgIpc) is 3.17. The zero-order valence-electron chi connectivity index (χ0n) is 19.7. The topological polar surface area (TPSA) is 127 Å². The Morgan fingerprint density at radius 2 is 1.64 bits per heavy atom. The van der Waals surface area contributed by atoms with Crippen LogP contribution >= 0.6 is 0 Å². The minimum atomic E-state index is -0.713. The van der Waals surface area contributed by atoms with Gasteiger partial charge >= 0.3 is 5.97 Å². The van der Waals surface area contributed by atoms with E-state index in [1.165, 1.54) is 28.9 Å². The van der Waals surface area contributed by atoms with E-state index < -0.39 is 18.4 Å². The summed E-state index contributed by atoms with van der Waals surface area (Å²) in [6.07, 6.45) is 0.240. The first-order valence-electron chi connectivity index (χ1n) is 11.2. The van der Waals surface area contributed by atoms with E-state index in [0.29, 0.717) is 28.2 Å². The number of anilines is 1. The van der Waals surface area contributed by atoms with Crippen LogP contribution in [0.5, 0.6) is 0 Å². The van der Waals surface area contributed by atoms with Crippen molar-refractivity contribution in [3.63, 3.8) is 0 Å². The Morgan fingerprint density at radius 1 is 0.944 bits per heavy atom.